The summed E-state index contributed by atoms with van der Waals surface area (Å²) in [5, 5.41) is 26.7. The van der Waals surface area contributed by atoms with Crippen molar-refractivity contribution in [1.29, 1.82) is 5.41 Å². The molecule has 1 heterocycles. The Morgan fingerprint density at radius 2 is 1.78 bits per heavy atom. The molecule has 2 unspecified atom stereocenters. The Balaban J connectivity index is 1.99. The Labute approximate surface area is 220 Å². The van der Waals surface area contributed by atoms with Gasteiger partial charge in [-0.2, -0.15) is 12.6 Å². The van der Waals surface area contributed by atoms with E-state index in [1.54, 1.807) is 0 Å². The quantitative estimate of drug-likeness (QED) is 0.0516. The first-order valence-electron chi connectivity index (χ1n) is 12.4. The Hall–Kier alpha value is -3.07. The molecule has 1 saturated heterocycles. The third kappa shape index (κ3) is 9.07. The zero-order valence-electron chi connectivity index (χ0n) is 20.7. The second kappa shape index (κ2) is 14.6. The van der Waals surface area contributed by atoms with Crippen molar-refractivity contribution in [2.75, 3.05) is 25.4 Å². The van der Waals surface area contributed by atoms with E-state index in [-0.39, 0.29) is 49.7 Å². The lowest BCUT2D eigenvalue weighted by molar-refractivity contribution is -0.145. The first-order valence-corrected chi connectivity index (χ1v) is 13.0. The van der Waals surface area contributed by atoms with Gasteiger partial charge in [0.05, 0.1) is 19.1 Å². The number of carboxylic acids is 1. The van der Waals surface area contributed by atoms with Gasteiger partial charge in [-0.25, -0.2) is 4.79 Å². The van der Waals surface area contributed by atoms with Crippen LogP contribution < -0.4 is 32.7 Å². The van der Waals surface area contributed by atoms with Crippen LogP contribution in [0.25, 0.3) is 0 Å². The number of likely N-dealkylation sites (tertiary alicyclic amines) is 1. The lowest BCUT2D eigenvalue weighted by Gasteiger charge is -2.34. The van der Waals surface area contributed by atoms with Gasteiger partial charge in [0.15, 0.2) is 5.96 Å². The number of carbonyl (C=O) groups is 5. The summed E-state index contributed by atoms with van der Waals surface area (Å²) in [6.07, 6.45) is 4.38. The van der Waals surface area contributed by atoms with E-state index in [0.29, 0.717) is 12.8 Å². The first-order chi connectivity index (χ1) is 17.5. The third-order valence-corrected chi connectivity index (χ3v) is 7.07. The van der Waals surface area contributed by atoms with Crippen LogP contribution in [0.5, 0.6) is 0 Å². The number of nitrogens with two attached hydrogens (primary N) is 2. The maximum absolute atomic E-state index is 13.2. The molecule has 2 rings (SSSR count). The molecule has 4 amide bonds. The van der Waals surface area contributed by atoms with Crippen LogP contribution in [0.4, 0.5) is 0 Å². The van der Waals surface area contributed by atoms with Crippen LogP contribution in [-0.4, -0.2) is 95.1 Å². The molecular formula is C22H38N8O6S. The molecule has 1 saturated carbocycles. The normalized spacial score (nSPS) is 22.2. The van der Waals surface area contributed by atoms with Gasteiger partial charge in [-0.1, -0.05) is 12.8 Å². The molecule has 0 aromatic heterocycles. The average molecular weight is 543 g/mol. The highest BCUT2D eigenvalue weighted by Gasteiger charge is 2.47. The summed E-state index contributed by atoms with van der Waals surface area (Å²) >= 11 is 3.92. The van der Waals surface area contributed by atoms with Crippen LogP contribution in [0.1, 0.15) is 44.9 Å². The highest BCUT2D eigenvalue weighted by Crippen LogP contribution is 2.39. The van der Waals surface area contributed by atoms with Gasteiger partial charge in [0, 0.05) is 18.3 Å². The summed E-state index contributed by atoms with van der Waals surface area (Å²) in [6.45, 7) is -0.435. The summed E-state index contributed by atoms with van der Waals surface area (Å²) in [5.41, 5.74) is 10.8. The molecule has 37 heavy (non-hydrogen) atoms. The second-order valence-electron chi connectivity index (χ2n) is 9.33. The third-order valence-electron chi connectivity index (χ3n) is 6.67. The van der Waals surface area contributed by atoms with Crippen LogP contribution in [0.3, 0.4) is 0 Å². The molecule has 0 aromatic carbocycles. The van der Waals surface area contributed by atoms with Crippen molar-refractivity contribution in [3.8, 4) is 0 Å². The van der Waals surface area contributed by atoms with Crippen molar-refractivity contribution in [2.45, 2.75) is 69.1 Å². The molecule has 0 spiro atoms. The monoisotopic (exact) mass is 542 g/mol. The number of fused-ring (bicyclic) bond motifs is 1. The van der Waals surface area contributed by atoms with E-state index < -0.39 is 47.7 Å². The number of carboxylic acid groups (broad SMARTS) is 1. The zero-order valence-corrected chi connectivity index (χ0v) is 21.6. The highest BCUT2D eigenvalue weighted by atomic mass is 32.1. The largest absolute Gasteiger partial charge is 0.480 e. The van der Waals surface area contributed by atoms with E-state index in [2.05, 4.69) is 33.9 Å². The standard InChI is InChI=1S/C22H38N8O6S/c23-13(11-37)19(33)28-9-17(31)27-10-18(32)30-15-6-2-1-4-12(15)8-16(30)20(34)29-14(21(35)36)5-3-7-26-22(24)25/h12-16,37H,1-11,23H2,(H,27,31)(H,28,33)(H,29,34)(H,35,36)(H4,24,25,26)/t12?,13-,14-,15?,16-/m0/s1. The Kier molecular flexibility index (Phi) is 11.9. The predicted molar refractivity (Wildman–Crippen MR) is 138 cm³/mol. The molecule has 14 nitrogen and oxygen atoms in total. The zero-order chi connectivity index (χ0) is 27.5. The van der Waals surface area contributed by atoms with E-state index in [1.165, 1.54) is 4.90 Å². The lowest BCUT2D eigenvalue weighted by atomic mass is 9.84. The van der Waals surface area contributed by atoms with Crippen molar-refractivity contribution < 1.29 is 29.1 Å². The summed E-state index contributed by atoms with van der Waals surface area (Å²) in [7, 11) is 0. The minimum atomic E-state index is -1.20. The number of carbonyl (C=O) groups excluding carboxylic acids is 4. The molecule has 0 radical (unpaired) electrons. The van der Waals surface area contributed by atoms with Crippen LogP contribution in [0, 0.1) is 11.3 Å². The van der Waals surface area contributed by atoms with Gasteiger partial charge in [0.1, 0.15) is 12.1 Å². The molecule has 208 valence electrons. The number of nitrogens with zero attached hydrogens (tertiary/aromatic N) is 1. The van der Waals surface area contributed by atoms with E-state index in [4.69, 9.17) is 16.9 Å². The number of rotatable bonds is 13. The molecule has 1 aliphatic heterocycles. The van der Waals surface area contributed by atoms with Crippen molar-refractivity contribution in [2.24, 2.45) is 17.4 Å². The molecule has 10 N–H and O–H groups in total. The molecule has 0 bridgehead atoms. The van der Waals surface area contributed by atoms with Gasteiger partial charge in [0.25, 0.3) is 0 Å². The number of amides is 4. The summed E-state index contributed by atoms with van der Waals surface area (Å²) in [6, 6.07) is -3.02. The van der Waals surface area contributed by atoms with E-state index in [9.17, 15) is 29.1 Å². The van der Waals surface area contributed by atoms with E-state index in [0.717, 1.165) is 25.7 Å². The fourth-order valence-corrected chi connectivity index (χ4v) is 4.98. The minimum Gasteiger partial charge on any atom is -0.480 e. The van der Waals surface area contributed by atoms with Gasteiger partial charge in [-0.15, -0.1) is 0 Å². The summed E-state index contributed by atoms with van der Waals surface area (Å²) in [5.74, 6) is -3.31. The SMILES string of the molecule is N=C(N)NCCC[C@H](NC(=O)[C@@H]1CC2CCCCC2N1C(=O)CNC(=O)CNC(=O)[C@@H](N)CS)C(=O)O. The van der Waals surface area contributed by atoms with Crippen molar-refractivity contribution >= 4 is 48.2 Å². The summed E-state index contributed by atoms with van der Waals surface area (Å²) < 4.78 is 0. The molecule has 2 aliphatic rings. The summed E-state index contributed by atoms with van der Waals surface area (Å²) in [4.78, 5) is 63.4. The van der Waals surface area contributed by atoms with Crippen molar-refractivity contribution in [1.82, 2.24) is 26.2 Å². The Bertz CT molecular complexity index is 874. The maximum atomic E-state index is 13.2. The molecule has 15 heteroatoms. The van der Waals surface area contributed by atoms with Crippen molar-refractivity contribution in [3.05, 3.63) is 0 Å². The van der Waals surface area contributed by atoms with Gasteiger partial charge < -0.3 is 42.7 Å². The predicted octanol–water partition coefficient (Wildman–Crippen LogP) is -2.53. The number of hydrogen-bond acceptors (Lipinski definition) is 8. The topological polar surface area (TPSA) is 233 Å². The number of nitrogens with one attached hydrogen (secondary N) is 5. The Morgan fingerprint density at radius 1 is 1.08 bits per heavy atom. The van der Waals surface area contributed by atoms with Gasteiger partial charge >= 0.3 is 5.97 Å². The van der Waals surface area contributed by atoms with Crippen LogP contribution in [0.2, 0.25) is 0 Å². The fourth-order valence-electron chi connectivity index (χ4n) is 4.82. The minimum absolute atomic E-state index is 0.116. The fraction of sp³-hybridized carbons (Fsp3) is 0.727. The molecule has 1 aliphatic carbocycles. The number of thiol groups is 1. The highest BCUT2D eigenvalue weighted by molar-refractivity contribution is 7.80. The molecular weight excluding hydrogens is 504 g/mol. The molecule has 5 atom stereocenters. The smallest absolute Gasteiger partial charge is 0.326 e. The van der Waals surface area contributed by atoms with Crippen molar-refractivity contribution in [3.63, 3.8) is 0 Å². The number of hydrogen-bond donors (Lipinski definition) is 9. The van der Waals surface area contributed by atoms with Gasteiger partial charge in [-0.05, 0) is 38.0 Å². The van der Waals surface area contributed by atoms with Crippen LogP contribution in [-0.2, 0) is 24.0 Å². The second-order valence-corrected chi connectivity index (χ2v) is 9.70. The maximum Gasteiger partial charge on any atom is 0.326 e. The first kappa shape index (κ1) is 30.2. The number of guanidine groups is 1. The van der Waals surface area contributed by atoms with E-state index in [1.807, 2.05) is 0 Å². The number of aliphatic carboxylic acids is 1. The van der Waals surface area contributed by atoms with E-state index >= 15 is 0 Å². The van der Waals surface area contributed by atoms with Crippen LogP contribution in [0.15, 0.2) is 0 Å². The Morgan fingerprint density at radius 3 is 2.43 bits per heavy atom. The lowest BCUT2D eigenvalue weighted by Crippen LogP contribution is -2.55. The average Bonchev–Trinajstić information content (AvgIpc) is 3.26. The molecule has 2 fully saturated rings. The van der Waals surface area contributed by atoms with Crippen LogP contribution >= 0.6 is 12.6 Å². The van der Waals surface area contributed by atoms with Gasteiger partial charge in [-0.3, -0.25) is 24.6 Å². The van der Waals surface area contributed by atoms with Gasteiger partial charge in [0.2, 0.25) is 23.6 Å². The molecule has 0 aromatic rings.